The number of carbonyl (C=O) groups excluding carboxylic acids is 1. The lowest BCUT2D eigenvalue weighted by molar-refractivity contribution is -0.120. The van der Waals surface area contributed by atoms with Gasteiger partial charge >= 0.3 is 0 Å². The number of carbonyl (C=O) groups is 1. The Morgan fingerprint density at radius 2 is 1.72 bits per heavy atom. The van der Waals surface area contributed by atoms with Gasteiger partial charge in [-0.1, -0.05) is 48.5 Å². The summed E-state index contributed by atoms with van der Waals surface area (Å²) < 4.78 is 0. The van der Waals surface area contributed by atoms with Crippen molar-refractivity contribution >= 4 is 16.8 Å². The number of benzene rings is 2. The summed E-state index contributed by atoms with van der Waals surface area (Å²) in [6.45, 7) is 6.93. The summed E-state index contributed by atoms with van der Waals surface area (Å²) in [6, 6.07) is 18.9. The van der Waals surface area contributed by atoms with Crippen LogP contribution in [0.2, 0.25) is 0 Å². The first kappa shape index (κ1) is 19.6. The highest BCUT2D eigenvalue weighted by Gasteiger charge is 2.24. The number of hydrogen-bond acceptors (Lipinski definition) is 3. The fraction of sp³-hybridized carbons (Fsp3) is 0.360. The van der Waals surface area contributed by atoms with Crippen LogP contribution in [0.4, 0.5) is 0 Å². The predicted molar refractivity (Wildman–Crippen MR) is 118 cm³/mol. The van der Waals surface area contributed by atoms with Crippen molar-refractivity contribution in [3.8, 4) is 0 Å². The second kappa shape index (κ2) is 8.75. The second-order valence-corrected chi connectivity index (χ2v) is 7.97. The lowest BCUT2D eigenvalue weighted by atomic mass is 9.99. The number of hydrogen-bond donors (Lipinski definition) is 1. The summed E-state index contributed by atoms with van der Waals surface area (Å²) in [7, 11) is 0. The van der Waals surface area contributed by atoms with E-state index in [-0.39, 0.29) is 11.9 Å². The summed E-state index contributed by atoms with van der Waals surface area (Å²) in [5, 5.41) is 4.33. The van der Waals surface area contributed by atoms with Gasteiger partial charge in [-0.3, -0.25) is 14.7 Å². The summed E-state index contributed by atoms with van der Waals surface area (Å²) in [6.07, 6.45) is 2.84. The van der Waals surface area contributed by atoms with Crippen molar-refractivity contribution in [1.29, 1.82) is 0 Å². The van der Waals surface area contributed by atoms with Crippen LogP contribution in [0.15, 0.2) is 54.6 Å². The van der Waals surface area contributed by atoms with Crippen molar-refractivity contribution in [2.24, 2.45) is 0 Å². The zero-order valence-electron chi connectivity index (χ0n) is 17.3. The normalized spacial score (nSPS) is 15.5. The number of nitrogens with one attached hydrogen (secondary N) is 1. The summed E-state index contributed by atoms with van der Waals surface area (Å²) in [5.74, 6) is 0.0633. The van der Waals surface area contributed by atoms with Crippen LogP contribution in [0.5, 0.6) is 0 Å². The number of nitrogens with zero attached hydrogens (tertiary/aromatic N) is 2. The Kier molecular flexibility index (Phi) is 5.91. The molecule has 1 aromatic heterocycles. The third kappa shape index (κ3) is 4.33. The van der Waals surface area contributed by atoms with Gasteiger partial charge in [-0.05, 0) is 62.5 Å². The average molecular weight is 388 g/mol. The molecule has 4 nitrogen and oxygen atoms in total. The van der Waals surface area contributed by atoms with E-state index >= 15 is 0 Å². The second-order valence-electron chi connectivity index (χ2n) is 7.97. The van der Waals surface area contributed by atoms with Crippen LogP contribution in [0.3, 0.4) is 0 Å². The molecule has 2 aromatic carbocycles. The molecule has 150 valence electrons. The van der Waals surface area contributed by atoms with Crippen LogP contribution in [-0.4, -0.2) is 35.4 Å². The largest absolute Gasteiger partial charge is 0.354 e. The zero-order valence-corrected chi connectivity index (χ0v) is 17.3. The van der Waals surface area contributed by atoms with Gasteiger partial charge in [0, 0.05) is 17.6 Å². The minimum Gasteiger partial charge on any atom is -0.354 e. The van der Waals surface area contributed by atoms with Gasteiger partial charge in [0.25, 0.3) is 0 Å². The minimum atomic E-state index is 0.0633. The van der Waals surface area contributed by atoms with E-state index in [9.17, 15) is 4.79 Å². The predicted octanol–water partition coefficient (Wildman–Crippen LogP) is 4.35. The lowest BCUT2D eigenvalue weighted by Crippen LogP contribution is -2.37. The molecule has 1 fully saturated rings. The van der Waals surface area contributed by atoms with E-state index in [1.807, 2.05) is 31.2 Å². The monoisotopic (exact) mass is 387 g/mol. The van der Waals surface area contributed by atoms with Gasteiger partial charge in [0.1, 0.15) is 0 Å². The topological polar surface area (TPSA) is 45.2 Å². The van der Waals surface area contributed by atoms with Gasteiger partial charge in [0.2, 0.25) is 5.91 Å². The lowest BCUT2D eigenvalue weighted by Gasteiger charge is -2.28. The third-order valence-electron chi connectivity index (χ3n) is 6.08. The Morgan fingerprint density at radius 1 is 1.03 bits per heavy atom. The smallest absolute Gasteiger partial charge is 0.224 e. The fourth-order valence-corrected chi connectivity index (χ4v) is 4.45. The molecule has 29 heavy (non-hydrogen) atoms. The summed E-state index contributed by atoms with van der Waals surface area (Å²) in [5.41, 5.74) is 5.40. The van der Waals surface area contributed by atoms with E-state index in [0.717, 1.165) is 40.8 Å². The highest BCUT2D eigenvalue weighted by molar-refractivity contribution is 5.86. The Bertz CT molecular complexity index is 994. The van der Waals surface area contributed by atoms with Crippen LogP contribution >= 0.6 is 0 Å². The molecule has 0 saturated carbocycles. The van der Waals surface area contributed by atoms with Crippen molar-refractivity contribution in [2.45, 2.75) is 39.2 Å². The van der Waals surface area contributed by atoms with Crippen molar-refractivity contribution < 1.29 is 4.79 Å². The molecule has 1 amide bonds. The number of aromatic nitrogens is 1. The third-order valence-corrected chi connectivity index (χ3v) is 6.08. The molecule has 1 N–H and O–H groups in total. The van der Waals surface area contributed by atoms with Crippen molar-refractivity contribution in [3.05, 3.63) is 77.0 Å². The Morgan fingerprint density at radius 3 is 2.48 bits per heavy atom. The van der Waals surface area contributed by atoms with Gasteiger partial charge in [0.15, 0.2) is 0 Å². The van der Waals surface area contributed by atoms with Crippen molar-refractivity contribution in [3.63, 3.8) is 0 Å². The Hall–Kier alpha value is -2.72. The molecule has 4 heteroatoms. The first-order valence-corrected chi connectivity index (χ1v) is 10.5. The van der Waals surface area contributed by atoms with Crippen molar-refractivity contribution in [1.82, 2.24) is 15.2 Å². The van der Waals surface area contributed by atoms with Gasteiger partial charge in [0.05, 0.1) is 18.0 Å². The van der Waals surface area contributed by atoms with Crippen LogP contribution in [0.25, 0.3) is 10.9 Å². The Balaban J connectivity index is 1.48. The minimum absolute atomic E-state index is 0.0633. The van der Waals surface area contributed by atoms with Gasteiger partial charge in [-0.25, -0.2) is 0 Å². The first-order valence-electron chi connectivity index (χ1n) is 10.5. The molecule has 1 saturated heterocycles. The molecule has 1 aliphatic rings. The molecule has 1 atom stereocenters. The first-order chi connectivity index (χ1) is 14.1. The fourth-order valence-electron chi connectivity index (χ4n) is 4.45. The molecule has 4 rings (SSSR count). The molecule has 0 spiro atoms. The number of likely N-dealkylation sites (tertiary alicyclic amines) is 1. The zero-order chi connectivity index (χ0) is 20.2. The quantitative estimate of drug-likeness (QED) is 0.684. The van der Waals surface area contributed by atoms with Crippen LogP contribution in [0.1, 0.15) is 41.3 Å². The molecule has 1 aliphatic heterocycles. The molecule has 2 heterocycles. The van der Waals surface area contributed by atoms with E-state index in [4.69, 9.17) is 4.98 Å². The molecule has 1 unspecified atom stereocenters. The van der Waals surface area contributed by atoms with Gasteiger partial charge < -0.3 is 5.32 Å². The molecular weight excluding hydrogens is 358 g/mol. The number of aryl methyl sites for hydroxylation is 2. The van der Waals surface area contributed by atoms with Crippen LogP contribution in [0, 0.1) is 13.8 Å². The Labute approximate surface area is 173 Å². The van der Waals surface area contributed by atoms with Gasteiger partial charge in [-0.15, -0.1) is 0 Å². The highest BCUT2D eigenvalue weighted by atomic mass is 16.1. The van der Waals surface area contributed by atoms with Crippen LogP contribution in [-0.2, 0) is 11.2 Å². The number of amides is 1. The summed E-state index contributed by atoms with van der Waals surface area (Å²) in [4.78, 5) is 20.0. The maximum atomic E-state index is 12.8. The SMILES string of the molecule is Cc1nc2ccccc2c(C)c1CC(=O)NCC(c1ccccc1)N1CCCC1. The number of rotatable bonds is 6. The number of para-hydroxylation sites is 1. The average Bonchev–Trinajstić information content (AvgIpc) is 3.27. The maximum Gasteiger partial charge on any atom is 0.224 e. The van der Waals surface area contributed by atoms with Crippen LogP contribution < -0.4 is 5.32 Å². The molecule has 0 aliphatic carbocycles. The highest BCUT2D eigenvalue weighted by Crippen LogP contribution is 2.25. The molecule has 3 aromatic rings. The summed E-state index contributed by atoms with van der Waals surface area (Å²) >= 11 is 0. The van der Waals surface area contributed by atoms with E-state index in [1.54, 1.807) is 0 Å². The maximum absolute atomic E-state index is 12.8. The van der Waals surface area contributed by atoms with E-state index in [0.29, 0.717) is 13.0 Å². The molecular formula is C25H29N3O. The number of pyridine rings is 1. The standard InChI is InChI=1S/C25H29N3O/c1-18-21-12-6-7-13-23(21)27-19(2)22(18)16-25(29)26-17-24(28-14-8-9-15-28)20-10-4-3-5-11-20/h3-7,10-13,24H,8-9,14-17H2,1-2H3,(H,26,29). The molecule has 0 bridgehead atoms. The van der Waals surface area contributed by atoms with E-state index < -0.39 is 0 Å². The van der Waals surface area contributed by atoms with E-state index in [2.05, 4.69) is 47.5 Å². The van der Waals surface area contributed by atoms with Gasteiger partial charge in [-0.2, -0.15) is 0 Å². The van der Waals surface area contributed by atoms with Crippen molar-refractivity contribution in [2.75, 3.05) is 19.6 Å². The van der Waals surface area contributed by atoms with E-state index in [1.165, 1.54) is 18.4 Å². The number of fused-ring (bicyclic) bond motifs is 1. The molecule has 0 radical (unpaired) electrons.